The van der Waals surface area contributed by atoms with Gasteiger partial charge >= 0.3 is 0 Å². The second kappa shape index (κ2) is 8.00. The minimum absolute atomic E-state index is 0. The molecule has 0 unspecified atom stereocenters. The number of halogens is 1. The molecule has 0 atom stereocenters. The van der Waals surface area contributed by atoms with E-state index in [2.05, 4.69) is 9.97 Å². The zero-order valence-electron chi connectivity index (χ0n) is 12.0. The number of aromatic nitrogens is 2. The van der Waals surface area contributed by atoms with Gasteiger partial charge in [-0.1, -0.05) is 11.8 Å². The van der Waals surface area contributed by atoms with Crippen LogP contribution in [0.5, 0.6) is 0 Å². The van der Waals surface area contributed by atoms with Gasteiger partial charge in [0.1, 0.15) is 0 Å². The number of rotatable bonds is 5. The number of Topliss-reactive ketones (excluding diaryl/α,β-unsaturated/α-hetero) is 1. The molecule has 0 fully saturated rings. The number of hydrogen-bond donors (Lipinski definition) is 0. The summed E-state index contributed by atoms with van der Waals surface area (Å²) in [4.78, 5) is 30.6. The van der Waals surface area contributed by atoms with E-state index in [0.717, 1.165) is 11.4 Å². The fraction of sp³-hybridized carbons (Fsp3) is 0.214. The number of aryl methyl sites for hydroxylation is 2. The molecule has 0 aliphatic carbocycles. The Morgan fingerprint density at radius 2 is 1.73 bits per heavy atom. The maximum atomic E-state index is 12.0. The molecule has 0 amide bonds. The van der Waals surface area contributed by atoms with Gasteiger partial charge in [-0.2, -0.15) is 0 Å². The minimum atomic E-state index is -0.494. The molecule has 0 spiro atoms. The lowest BCUT2D eigenvalue weighted by molar-refractivity contribution is -0.384. The van der Waals surface area contributed by atoms with E-state index in [1.165, 1.54) is 36.0 Å². The summed E-state index contributed by atoms with van der Waals surface area (Å²) in [5, 5.41) is 11.1. The molecule has 0 saturated heterocycles. The monoisotopic (exact) mass is 383 g/mol. The van der Waals surface area contributed by atoms with Crippen molar-refractivity contribution in [3.05, 3.63) is 57.4 Å². The molecule has 22 heavy (non-hydrogen) atoms. The third-order valence-electron chi connectivity index (χ3n) is 2.69. The highest BCUT2D eigenvalue weighted by Gasteiger charge is 2.11. The first-order chi connectivity index (χ1) is 9.95. The van der Waals surface area contributed by atoms with Crippen LogP contribution in [0.1, 0.15) is 21.7 Å². The molecule has 1 aromatic heterocycles. The quantitative estimate of drug-likeness (QED) is 0.258. The van der Waals surface area contributed by atoms with Crippen molar-refractivity contribution < 1.29 is 9.72 Å². The highest BCUT2D eigenvalue weighted by molar-refractivity contribution is 8.93. The SMILES string of the molecule is Br.Cc1cc(C)nc(SCC(=O)c2ccc([N+](=O)[O-])cc2)n1. The molecule has 8 heteroatoms. The summed E-state index contributed by atoms with van der Waals surface area (Å²) in [6, 6.07) is 7.44. The number of thioether (sulfide) groups is 1. The van der Waals surface area contributed by atoms with E-state index in [-0.39, 0.29) is 34.2 Å². The van der Waals surface area contributed by atoms with Crippen molar-refractivity contribution in [2.45, 2.75) is 19.0 Å². The number of nitro groups is 1. The van der Waals surface area contributed by atoms with Crippen LogP contribution < -0.4 is 0 Å². The van der Waals surface area contributed by atoms with Gasteiger partial charge in [0.05, 0.1) is 10.7 Å². The lowest BCUT2D eigenvalue weighted by Crippen LogP contribution is -2.04. The van der Waals surface area contributed by atoms with Gasteiger partial charge in [0.25, 0.3) is 5.69 Å². The van der Waals surface area contributed by atoms with Gasteiger partial charge in [-0.05, 0) is 32.0 Å². The van der Waals surface area contributed by atoms with Crippen LogP contribution in [0.4, 0.5) is 5.69 Å². The summed E-state index contributed by atoms with van der Waals surface area (Å²) < 4.78 is 0. The molecule has 0 aliphatic rings. The first-order valence-electron chi connectivity index (χ1n) is 6.18. The lowest BCUT2D eigenvalue weighted by atomic mass is 10.1. The van der Waals surface area contributed by atoms with E-state index in [0.29, 0.717) is 10.7 Å². The molecule has 2 rings (SSSR count). The van der Waals surface area contributed by atoms with Crippen LogP contribution in [0.15, 0.2) is 35.5 Å². The van der Waals surface area contributed by atoms with Gasteiger partial charge in [-0.15, -0.1) is 17.0 Å². The summed E-state index contributed by atoms with van der Waals surface area (Å²) >= 11 is 1.26. The Hall–Kier alpha value is -1.80. The number of hydrogen-bond acceptors (Lipinski definition) is 6. The molecule has 6 nitrogen and oxygen atoms in total. The van der Waals surface area contributed by atoms with Crippen molar-refractivity contribution in [2.75, 3.05) is 5.75 Å². The van der Waals surface area contributed by atoms with Crippen LogP contribution in [0.25, 0.3) is 0 Å². The molecule has 1 heterocycles. The fourth-order valence-corrected chi connectivity index (χ4v) is 2.58. The average molecular weight is 384 g/mol. The van der Waals surface area contributed by atoms with Crippen LogP contribution in [-0.2, 0) is 0 Å². The number of nitro benzene ring substituents is 1. The Balaban J connectivity index is 0.00000242. The highest BCUT2D eigenvalue weighted by atomic mass is 79.9. The maximum Gasteiger partial charge on any atom is 0.269 e. The van der Waals surface area contributed by atoms with E-state index in [9.17, 15) is 14.9 Å². The molecule has 0 aliphatic heterocycles. The van der Waals surface area contributed by atoms with Crippen molar-refractivity contribution in [3.63, 3.8) is 0 Å². The Labute approximate surface area is 142 Å². The normalized spacial score (nSPS) is 9.91. The molecule has 0 N–H and O–H groups in total. The minimum Gasteiger partial charge on any atom is -0.293 e. The summed E-state index contributed by atoms with van der Waals surface area (Å²) in [7, 11) is 0. The summed E-state index contributed by atoms with van der Waals surface area (Å²) in [5.74, 6) is 0.0819. The van der Waals surface area contributed by atoms with Crippen LogP contribution in [-0.4, -0.2) is 26.4 Å². The van der Waals surface area contributed by atoms with Gasteiger partial charge < -0.3 is 0 Å². The Bertz CT molecular complexity index is 672. The zero-order chi connectivity index (χ0) is 15.4. The molecule has 1 aromatic carbocycles. The van der Waals surface area contributed by atoms with Crippen molar-refractivity contribution in [1.82, 2.24) is 9.97 Å². The number of benzene rings is 1. The van der Waals surface area contributed by atoms with Crippen LogP contribution in [0, 0.1) is 24.0 Å². The maximum absolute atomic E-state index is 12.0. The summed E-state index contributed by atoms with van der Waals surface area (Å²) in [6.07, 6.45) is 0. The number of carbonyl (C=O) groups excluding carboxylic acids is 1. The summed E-state index contributed by atoms with van der Waals surface area (Å²) in [5.41, 5.74) is 2.12. The van der Waals surface area contributed by atoms with Gasteiger partial charge in [-0.25, -0.2) is 9.97 Å². The van der Waals surface area contributed by atoms with Crippen LogP contribution in [0.3, 0.4) is 0 Å². The van der Waals surface area contributed by atoms with E-state index >= 15 is 0 Å². The highest BCUT2D eigenvalue weighted by Crippen LogP contribution is 2.18. The second-order valence-corrected chi connectivity index (χ2v) is 5.39. The molecule has 116 valence electrons. The molecular weight excluding hydrogens is 370 g/mol. The predicted octanol–water partition coefficient (Wildman–Crippen LogP) is 3.55. The third kappa shape index (κ3) is 4.88. The lowest BCUT2D eigenvalue weighted by Gasteiger charge is -2.03. The van der Waals surface area contributed by atoms with Crippen molar-refractivity contribution in [1.29, 1.82) is 0 Å². The van der Waals surface area contributed by atoms with Gasteiger partial charge in [0.15, 0.2) is 10.9 Å². The van der Waals surface area contributed by atoms with Crippen molar-refractivity contribution >= 4 is 40.2 Å². The molecule has 0 bridgehead atoms. The van der Waals surface area contributed by atoms with E-state index in [4.69, 9.17) is 0 Å². The van der Waals surface area contributed by atoms with Crippen molar-refractivity contribution in [3.8, 4) is 0 Å². The standard InChI is InChI=1S/C14H13N3O3S.BrH/c1-9-7-10(2)16-14(15-9)21-8-13(18)11-3-5-12(6-4-11)17(19)20;/h3-7H,8H2,1-2H3;1H. The largest absolute Gasteiger partial charge is 0.293 e. The zero-order valence-corrected chi connectivity index (χ0v) is 14.5. The fourth-order valence-electron chi connectivity index (χ4n) is 1.74. The molecule has 2 aromatic rings. The number of ketones is 1. The van der Waals surface area contributed by atoms with Crippen molar-refractivity contribution in [2.24, 2.45) is 0 Å². The summed E-state index contributed by atoms with van der Waals surface area (Å²) in [6.45, 7) is 3.74. The Morgan fingerprint density at radius 3 is 2.23 bits per heavy atom. The number of carbonyl (C=O) groups is 1. The first kappa shape index (κ1) is 18.2. The predicted molar refractivity (Wildman–Crippen MR) is 90.0 cm³/mol. The van der Waals surface area contributed by atoms with E-state index in [1.807, 2.05) is 19.9 Å². The number of nitrogens with zero attached hydrogens (tertiary/aromatic N) is 3. The topological polar surface area (TPSA) is 86.0 Å². The Kier molecular flexibility index (Phi) is 6.63. The Morgan fingerprint density at radius 1 is 1.18 bits per heavy atom. The van der Waals surface area contributed by atoms with Crippen LogP contribution in [0.2, 0.25) is 0 Å². The van der Waals surface area contributed by atoms with Gasteiger partial charge in [0, 0.05) is 29.1 Å². The molecular formula is C14H14BrN3O3S. The second-order valence-electron chi connectivity index (χ2n) is 4.45. The molecule has 0 radical (unpaired) electrons. The third-order valence-corrected chi connectivity index (χ3v) is 3.54. The van der Waals surface area contributed by atoms with E-state index in [1.54, 1.807) is 0 Å². The average Bonchev–Trinajstić information content (AvgIpc) is 2.44. The van der Waals surface area contributed by atoms with Gasteiger partial charge in [0.2, 0.25) is 0 Å². The van der Waals surface area contributed by atoms with Gasteiger partial charge in [-0.3, -0.25) is 14.9 Å². The smallest absolute Gasteiger partial charge is 0.269 e. The van der Waals surface area contributed by atoms with E-state index < -0.39 is 4.92 Å². The number of non-ortho nitro benzene ring substituents is 1. The molecule has 0 saturated carbocycles. The van der Waals surface area contributed by atoms with Crippen LogP contribution >= 0.6 is 28.7 Å². The first-order valence-corrected chi connectivity index (χ1v) is 7.17.